The van der Waals surface area contributed by atoms with Crippen LogP contribution in [-0.2, 0) is 17.6 Å². The molecular formula is C12H14N2O4. The van der Waals surface area contributed by atoms with Crippen molar-refractivity contribution in [2.75, 3.05) is 7.11 Å². The molecular weight excluding hydrogens is 236 g/mol. The van der Waals surface area contributed by atoms with Gasteiger partial charge in [0, 0.05) is 17.7 Å². The summed E-state index contributed by atoms with van der Waals surface area (Å²) in [7, 11) is 1.25. The summed E-state index contributed by atoms with van der Waals surface area (Å²) < 4.78 is 4.60. The first-order valence-electron chi connectivity index (χ1n) is 5.67. The maximum absolute atomic E-state index is 11.5. The van der Waals surface area contributed by atoms with Gasteiger partial charge < -0.3 is 10.5 Å². The number of nitrogens with zero attached hydrogens (tertiary/aromatic N) is 1. The van der Waals surface area contributed by atoms with Crippen molar-refractivity contribution in [3.63, 3.8) is 0 Å². The van der Waals surface area contributed by atoms with E-state index in [2.05, 4.69) is 4.74 Å². The van der Waals surface area contributed by atoms with Gasteiger partial charge in [0.25, 0.3) is 5.69 Å². The molecule has 6 nitrogen and oxygen atoms in total. The van der Waals surface area contributed by atoms with Crippen LogP contribution in [0.4, 0.5) is 5.69 Å². The van der Waals surface area contributed by atoms with Gasteiger partial charge in [-0.25, -0.2) is 4.79 Å². The molecule has 2 rings (SSSR count). The summed E-state index contributed by atoms with van der Waals surface area (Å²) in [4.78, 5) is 22.1. The van der Waals surface area contributed by atoms with E-state index in [1.165, 1.54) is 13.2 Å². The van der Waals surface area contributed by atoms with Crippen LogP contribution in [0.3, 0.4) is 0 Å². The molecule has 0 aliphatic heterocycles. The molecule has 1 atom stereocenters. The lowest BCUT2D eigenvalue weighted by molar-refractivity contribution is -0.385. The quantitative estimate of drug-likeness (QED) is 0.483. The number of hydrogen-bond donors (Lipinski definition) is 1. The maximum atomic E-state index is 11.5. The summed E-state index contributed by atoms with van der Waals surface area (Å²) >= 11 is 0. The topological polar surface area (TPSA) is 95.5 Å². The molecule has 0 spiro atoms. The summed E-state index contributed by atoms with van der Waals surface area (Å²) in [5, 5.41) is 11.0. The molecule has 6 heteroatoms. The number of benzene rings is 1. The van der Waals surface area contributed by atoms with Crippen LogP contribution in [-0.4, -0.2) is 24.0 Å². The largest absolute Gasteiger partial charge is 0.465 e. The first kappa shape index (κ1) is 12.5. The van der Waals surface area contributed by atoms with E-state index in [0.717, 1.165) is 12.0 Å². The summed E-state index contributed by atoms with van der Waals surface area (Å²) in [5.41, 5.74) is 7.51. The van der Waals surface area contributed by atoms with Crippen LogP contribution in [0.1, 0.15) is 27.9 Å². The Morgan fingerprint density at radius 1 is 1.56 bits per heavy atom. The second-order valence-electron chi connectivity index (χ2n) is 4.38. The number of carbonyl (C=O) groups is 1. The number of nitro groups is 1. The van der Waals surface area contributed by atoms with Gasteiger partial charge in [-0.2, -0.15) is 0 Å². The molecule has 0 saturated carbocycles. The highest BCUT2D eigenvalue weighted by Gasteiger charge is 2.26. The Labute approximate surface area is 104 Å². The third-order valence-electron chi connectivity index (χ3n) is 3.18. The lowest BCUT2D eigenvalue weighted by Gasteiger charge is -2.21. The van der Waals surface area contributed by atoms with E-state index in [4.69, 9.17) is 5.73 Å². The summed E-state index contributed by atoms with van der Waals surface area (Å²) in [6.07, 6.45) is 1.86. The van der Waals surface area contributed by atoms with Crippen molar-refractivity contribution in [1.82, 2.24) is 0 Å². The molecule has 1 aromatic rings. The predicted octanol–water partition coefficient (Wildman–Crippen LogP) is 1.20. The van der Waals surface area contributed by atoms with E-state index in [1.807, 2.05) is 0 Å². The van der Waals surface area contributed by atoms with Crippen molar-refractivity contribution in [1.29, 1.82) is 0 Å². The SMILES string of the molecule is COC(=O)c1cc2c(c([N+](=O)[O-])c1)CCC(N)C2. The Hall–Kier alpha value is -1.95. The van der Waals surface area contributed by atoms with E-state index in [-0.39, 0.29) is 17.3 Å². The number of fused-ring (bicyclic) bond motifs is 1. The van der Waals surface area contributed by atoms with Crippen LogP contribution < -0.4 is 5.73 Å². The van der Waals surface area contributed by atoms with Gasteiger partial charge in [0.05, 0.1) is 17.6 Å². The molecule has 1 aliphatic carbocycles. The van der Waals surface area contributed by atoms with Crippen molar-refractivity contribution in [2.45, 2.75) is 25.3 Å². The number of nitrogens with two attached hydrogens (primary N) is 1. The Balaban J connectivity index is 2.55. The molecule has 0 heterocycles. The number of rotatable bonds is 2. The first-order chi connectivity index (χ1) is 8.52. The number of ether oxygens (including phenoxy) is 1. The fourth-order valence-corrected chi connectivity index (χ4v) is 2.30. The van der Waals surface area contributed by atoms with Gasteiger partial charge in [0.1, 0.15) is 0 Å². The Morgan fingerprint density at radius 2 is 2.28 bits per heavy atom. The lowest BCUT2D eigenvalue weighted by Crippen LogP contribution is -2.28. The monoisotopic (exact) mass is 250 g/mol. The van der Waals surface area contributed by atoms with E-state index in [0.29, 0.717) is 18.4 Å². The van der Waals surface area contributed by atoms with E-state index in [9.17, 15) is 14.9 Å². The number of nitro benzene ring substituents is 1. The summed E-state index contributed by atoms with van der Waals surface area (Å²) in [6, 6.07) is 2.92. The zero-order chi connectivity index (χ0) is 13.3. The fourth-order valence-electron chi connectivity index (χ4n) is 2.30. The Morgan fingerprint density at radius 3 is 2.89 bits per heavy atom. The third kappa shape index (κ3) is 2.19. The zero-order valence-corrected chi connectivity index (χ0v) is 10.0. The summed E-state index contributed by atoms with van der Waals surface area (Å²) in [6.45, 7) is 0. The Kier molecular flexibility index (Phi) is 3.29. The fraction of sp³-hybridized carbons (Fsp3) is 0.417. The highest BCUT2D eigenvalue weighted by Crippen LogP contribution is 2.31. The van der Waals surface area contributed by atoms with Gasteiger partial charge in [-0.15, -0.1) is 0 Å². The van der Waals surface area contributed by atoms with Gasteiger partial charge in [0.15, 0.2) is 0 Å². The van der Waals surface area contributed by atoms with Gasteiger partial charge in [0.2, 0.25) is 0 Å². The lowest BCUT2D eigenvalue weighted by atomic mass is 9.86. The number of hydrogen-bond acceptors (Lipinski definition) is 5. The molecule has 0 fully saturated rings. The zero-order valence-electron chi connectivity index (χ0n) is 10.0. The number of methoxy groups -OCH3 is 1. The molecule has 2 N–H and O–H groups in total. The molecule has 0 radical (unpaired) electrons. The first-order valence-corrected chi connectivity index (χ1v) is 5.67. The highest BCUT2D eigenvalue weighted by molar-refractivity contribution is 5.90. The van der Waals surface area contributed by atoms with Crippen molar-refractivity contribution in [3.8, 4) is 0 Å². The minimum Gasteiger partial charge on any atom is -0.465 e. The van der Waals surface area contributed by atoms with Crippen LogP contribution in [0.5, 0.6) is 0 Å². The van der Waals surface area contributed by atoms with E-state index >= 15 is 0 Å². The molecule has 1 aliphatic rings. The minimum atomic E-state index is -0.569. The average Bonchev–Trinajstić information content (AvgIpc) is 2.35. The normalized spacial score (nSPS) is 18.0. The van der Waals surface area contributed by atoms with Crippen molar-refractivity contribution in [2.24, 2.45) is 5.73 Å². The van der Waals surface area contributed by atoms with Gasteiger partial charge >= 0.3 is 5.97 Å². The molecule has 18 heavy (non-hydrogen) atoms. The standard InChI is InChI=1S/C12H14N2O4/c1-18-12(15)8-4-7-5-9(13)2-3-10(7)11(6-8)14(16)17/h4,6,9H,2-3,5,13H2,1H3. The van der Waals surface area contributed by atoms with E-state index < -0.39 is 10.9 Å². The molecule has 0 amide bonds. The van der Waals surface area contributed by atoms with Crippen LogP contribution in [0.2, 0.25) is 0 Å². The van der Waals surface area contributed by atoms with E-state index in [1.54, 1.807) is 6.07 Å². The van der Waals surface area contributed by atoms with Crippen LogP contribution in [0.15, 0.2) is 12.1 Å². The van der Waals surface area contributed by atoms with Crippen molar-refractivity contribution < 1.29 is 14.5 Å². The van der Waals surface area contributed by atoms with Crippen molar-refractivity contribution >= 4 is 11.7 Å². The van der Waals surface area contributed by atoms with Crippen molar-refractivity contribution in [3.05, 3.63) is 38.9 Å². The van der Waals surface area contributed by atoms with Crippen LogP contribution >= 0.6 is 0 Å². The second-order valence-corrected chi connectivity index (χ2v) is 4.38. The van der Waals surface area contributed by atoms with Gasteiger partial charge in [-0.3, -0.25) is 10.1 Å². The number of carbonyl (C=O) groups excluding carboxylic acids is 1. The molecule has 1 aromatic carbocycles. The average molecular weight is 250 g/mol. The number of esters is 1. The molecule has 96 valence electrons. The minimum absolute atomic E-state index is 0.00926. The van der Waals surface area contributed by atoms with Gasteiger partial charge in [-0.1, -0.05) is 0 Å². The molecule has 0 bridgehead atoms. The molecule has 1 unspecified atom stereocenters. The molecule has 0 saturated heterocycles. The third-order valence-corrected chi connectivity index (χ3v) is 3.18. The molecule has 0 aromatic heterocycles. The van der Waals surface area contributed by atoms with Crippen LogP contribution in [0.25, 0.3) is 0 Å². The predicted molar refractivity (Wildman–Crippen MR) is 64.4 cm³/mol. The highest BCUT2D eigenvalue weighted by atomic mass is 16.6. The summed E-state index contributed by atoms with van der Waals surface area (Å²) in [5.74, 6) is -0.569. The Bertz CT molecular complexity index is 513. The van der Waals surface area contributed by atoms with Gasteiger partial charge in [-0.05, 0) is 30.9 Å². The second kappa shape index (κ2) is 4.73. The maximum Gasteiger partial charge on any atom is 0.338 e. The smallest absolute Gasteiger partial charge is 0.338 e. The van der Waals surface area contributed by atoms with Crippen LogP contribution in [0, 0.1) is 10.1 Å².